The molecule has 25 heavy (non-hydrogen) atoms. The SMILES string of the molecule is COCCNS(=O)(=O)c1cccc(CN=C(N)NCC2CCC2)c1.I. The van der Waals surface area contributed by atoms with Crippen molar-refractivity contribution >= 4 is 40.0 Å². The van der Waals surface area contributed by atoms with Gasteiger partial charge in [0, 0.05) is 20.2 Å². The van der Waals surface area contributed by atoms with E-state index < -0.39 is 10.0 Å². The molecule has 0 amide bonds. The summed E-state index contributed by atoms with van der Waals surface area (Å²) in [6, 6.07) is 6.70. The van der Waals surface area contributed by atoms with Crippen LogP contribution in [-0.4, -0.2) is 41.2 Å². The minimum Gasteiger partial charge on any atom is -0.383 e. The summed E-state index contributed by atoms with van der Waals surface area (Å²) in [5, 5.41) is 3.12. The van der Waals surface area contributed by atoms with Gasteiger partial charge in [0.05, 0.1) is 18.0 Å². The van der Waals surface area contributed by atoms with Gasteiger partial charge in [-0.3, -0.25) is 0 Å². The van der Waals surface area contributed by atoms with Crippen molar-refractivity contribution in [3.8, 4) is 0 Å². The topological polar surface area (TPSA) is 106 Å². The van der Waals surface area contributed by atoms with Gasteiger partial charge < -0.3 is 15.8 Å². The Hall–Kier alpha value is -0.910. The van der Waals surface area contributed by atoms with Crippen molar-refractivity contribution in [1.82, 2.24) is 10.0 Å². The second-order valence-electron chi connectivity index (χ2n) is 5.92. The summed E-state index contributed by atoms with van der Waals surface area (Å²) in [6.45, 7) is 1.75. The van der Waals surface area contributed by atoms with Gasteiger partial charge in [0.15, 0.2) is 5.96 Å². The molecule has 2 rings (SSSR count). The van der Waals surface area contributed by atoms with Gasteiger partial charge in [-0.15, -0.1) is 24.0 Å². The number of nitrogens with two attached hydrogens (primary N) is 1. The van der Waals surface area contributed by atoms with E-state index in [0.29, 0.717) is 25.0 Å². The molecule has 1 fully saturated rings. The van der Waals surface area contributed by atoms with E-state index in [1.807, 2.05) is 6.07 Å². The molecule has 0 atom stereocenters. The molecule has 7 nitrogen and oxygen atoms in total. The van der Waals surface area contributed by atoms with E-state index >= 15 is 0 Å². The van der Waals surface area contributed by atoms with Crippen LogP contribution in [0.15, 0.2) is 34.2 Å². The minimum atomic E-state index is -3.54. The van der Waals surface area contributed by atoms with E-state index in [1.165, 1.54) is 26.4 Å². The Morgan fingerprint density at radius 1 is 1.40 bits per heavy atom. The predicted molar refractivity (Wildman–Crippen MR) is 110 cm³/mol. The van der Waals surface area contributed by atoms with Crippen LogP contribution in [-0.2, 0) is 21.3 Å². The molecule has 142 valence electrons. The van der Waals surface area contributed by atoms with Gasteiger partial charge in [0.1, 0.15) is 0 Å². The highest BCUT2D eigenvalue weighted by Crippen LogP contribution is 2.25. The van der Waals surface area contributed by atoms with Crippen molar-refractivity contribution in [2.75, 3.05) is 26.8 Å². The van der Waals surface area contributed by atoms with Crippen LogP contribution in [0.3, 0.4) is 0 Å². The average Bonchev–Trinajstić information content (AvgIpc) is 2.52. The van der Waals surface area contributed by atoms with E-state index in [1.54, 1.807) is 18.2 Å². The monoisotopic (exact) mass is 482 g/mol. The maximum absolute atomic E-state index is 12.2. The van der Waals surface area contributed by atoms with E-state index in [2.05, 4.69) is 15.0 Å². The standard InChI is InChI=1S/C16H26N4O3S.HI/c1-23-9-8-20-24(21,22)15-7-3-6-14(10-15)12-19-16(17)18-11-13-4-2-5-13;/h3,6-7,10,13,20H,2,4-5,8-9,11-12H2,1H3,(H3,17,18,19);1H. The zero-order valence-electron chi connectivity index (χ0n) is 14.4. The number of hydrogen-bond donors (Lipinski definition) is 3. The number of nitrogens with one attached hydrogen (secondary N) is 2. The first-order valence-electron chi connectivity index (χ1n) is 8.12. The summed E-state index contributed by atoms with van der Waals surface area (Å²) in [6.07, 6.45) is 3.79. The summed E-state index contributed by atoms with van der Waals surface area (Å²) >= 11 is 0. The molecule has 1 aromatic carbocycles. The minimum absolute atomic E-state index is 0. The van der Waals surface area contributed by atoms with Crippen molar-refractivity contribution in [2.45, 2.75) is 30.7 Å². The number of methoxy groups -OCH3 is 1. The molecular formula is C16H27IN4O3S. The lowest BCUT2D eigenvalue weighted by Gasteiger charge is -2.25. The second-order valence-corrected chi connectivity index (χ2v) is 7.68. The van der Waals surface area contributed by atoms with Gasteiger partial charge in [0.25, 0.3) is 0 Å². The summed E-state index contributed by atoms with van der Waals surface area (Å²) in [5.41, 5.74) is 6.64. The van der Waals surface area contributed by atoms with Gasteiger partial charge in [0.2, 0.25) is 10.0 Å². The van der Waals surface area contributed by atoms with Crippen molar-refractivity contribution in [1.29, 1.82) is 0 Å². The highest BCUT2D eigenvalue weighted by Gasteiger charge is 2.17. The molecule has 0 heterocycles. The highest BCUT2D eigenvalue weighted by atomic mass is 127. The number of aliphatic imine (C=N–C) groups is 1. The van der Waals surface area contributed by atoms with Gasteiger partial charge in [-0.2, -0.15) is 0 Å². The lowest BCUT2D eigenvalue weighted by molar-refractivity contribution is 0.204. The van der Waals surface area contributed by atoms with Crippen molar-refractivity contribution < 1.29 is 13.2 Å². The van der Waals surface area contributed by atoms with Gasteiger partial charge in [-0.05, 0) is 36.5 Å². The van der Waals surface area contributed by atoms with E-state index in [9.17, 15) is 8.42 Å². The zero-order valence-corrected chi connectivity index (χ0v) is 17.5. The number of ether oxygens (including phenoxy) is 1. The van der Waals surface area contributed by atoms with E-state index in [4.69, 9.17) is 10.5 Å². The fourth-order valence-electron chi connectivity index (χ4n) is 2.35. The molecule has 1 aliphatic carbocycles. The van der Waals surface area contributed by atoms with Crippen molar-refractivity contribution in [3.63, 3.8) is 0 Å². The fraction of sp³-hybridized carbons (Fsp3) is 0.562. The van der Waals surface area contributed by atoms with Crippen LogP contribution in [0.2, 0.25) is 0 Å². The molecular weight excluding hydrogens is 455 g/mol. The third-order valence-corrected chi connectivity index (χ3v) is 5.49. The summed E-state index contributed by atoms with van der Waals surface area (Å²) < 4.78 is 31.7. The lowest BCUT2D eigenvalue weighted by atomic mass is 9.85. The van der Waals surface area contributed by atoms with Crippen LogP contribution in [0.25, 0.3) is 0 Å². The van der Waals surface area contributed by atoms with Gasteiger partial charge >= 0.3 is 0 Å². The predicted octanol–water partition coefficient (Wildman–Crippen LogP) is 1.43. The molecule has 0 saturated heterocycles. The quantitative estimate of drug-likeness (QED) is 0.214. The normalized spacial score (nSPS) is 15.3. The molecule has 4 N–H and O–H groups in total. The summed E-state index contributed by atoms with van der Waals surface area (Å²) in [4.78, 5) is 4.49. The smallest absolute Gasteiger partial charge is 0.240 e. The van der Waals surface area contributed by atoms with Crippen molar-refractivity contribution in [2.24, 2.45) is 16.6 Å². The Kier molecular flexibility index (Phi) is 9.69. The van der Waals surface area contributed by atoms with Crippen molar-refractivity contribution in [3.05, 3.63) is 29.8 Å². The Bertz CT molecular complexity index is 663. The molecule has 0 aliphatic heterocycles. The summed E-state index contributed by atoms with van der Waals surface area (Å²) in [7, 11) is -2.01. The Labute approximate surface area is 166 Å². The first-order valence-corrected chi connectivity index (χ1v) is 9.61. The molecule has 0 spiro atoms. The van der Waals surface area contributed by atoms with Crippen LogP contribution < -0.4 is 15.8 Å². The molecule has 9 heteroatoms. The highest BCUT2D eigenvalue weighted by molar-refractivity contribution is 14.0. The molecule has 0 aromatic heterocycles. The number of rotatable bonds is 9. The molecule has 0 unspecified atom stereocenters. The van der Waals surface area contributed by atoms with Crippen LogP contribution in [0.4, 0.5) is 0 Å². The first-order chi connectivity index (χ1) is 11.5. The first kappa shape index (κ1) is 22.1. The fourth-order valence-corrected chi connectivity index (χ4v) is 3.43. The maximum atomic E-state index is 12.2. The van der Waals surface area contributed by atoms with Crippen LogP contribution in [0.1, 0.15) is 24.8 Å². The third-order valence-electron chi connectivity index (χ3n) is 4.04. The number of halogens is 1. The number of sulfonamides is 1. The zero-order chi connectivity index (χ0) is 17.4. The molecule has 1 aliphatic rings. The second kappa shape index (κ2) is 10.9. The average molecular weight is 482 g/mol. The Balaban J connectivity index is 0.00000312. The van der Waals surface area contributed by atoms with Gasteiger partial charge in [-0.25, -0.2) is 18.1 Å². The Morgan fingerprint density at radius 2 is 2.16 bits per heavy atom. The third kappa shape index (κ3) is 7.47. The number of benzene rings is 1. The van der Waals surface area contributed by atoms with E-state index in [0.717, 1.165) is 12.1 Å². The van der Waals surface area contributed by atoms with Crippen LogP contribution in [0, 0.1) is 5.92 Å². The largest absolute Gasteiger partial charge is 0.383 e. The molecule has 0 radical (unpaired) electrons. The Morgan fingerprint density at radius 3 is 2.80 bits per heavy atom. The van der Waals surface area contributed by atoms with Crippen LogP contribution in [0.5, 0.6) is 0 Å². The van der Waals surface area contributed by atoms with Gasteiger partial charge in [-0.1, -0.05) is 18.6 Å². The molecule has 1 aromatic rings. The number of guanidine groups is 1. The number of hydrogen-bond acceptors (Lipinski definition) is 4. The van der Waals surface area contributed by atoms with E-state index in [-0.39, 0.29) is 35.4 Å². The van der Waals surface area contributed by atoms with Crippen LogP contribution >= 0.6 is 24.0 Å². The lowest BCUT2D eigenvalue weighted by Crippen LogP contribution is -2.37. The molecule has 1 saturated carbocycles. The maximum Gasteiger partial charge on any atom is 0.240 e. The number of nitrogens with zero attached hydrogens (tertiary/aromatic N) is 1. The molecule has 0 bridgehead atoms. The summed E-state index contributed by atoms with van der Waals surface area (Å²) in [5.74, 6) is 1.10.